The molecular formula is C16H22N6O2S. The van der Waals surface area contributed by atoms with Gasteiger partial charge in [-0.25, -0.2) is 9.97 Å². The average Bonchev–Trinajstić information content (AvgIpc) is 3.15. The molecule has 0 aliphatic carbocycles. The first-order valence-corrected chi connectivity index (χ1v) is 9.30. The third kappa shape index (κ3) is 4.23. The Morgan fingerprint density at radius 3 is 2.76 bits per heavy atom. The maximum Gasteiger partial charge on any atom is 0.353 e. The van der Waals surface area contributed by atoms with Gasteiger partial charge in [0.2, 0.25) is 11.6 Å². The molecule has 1 aliphatic rings. The summed E-state index contributed by atoms with van der Waals surface area (Å²) in [5, 5.41) is 16.8. The van der Waals surface area contributed by atoms with Crippen LogP contribution in [0.25, 0.3) is 0 Å². The fourth-order valence-electron chi connectivity index (χ4n) is 2.93. The van der Waals surface area contributed by atoms with E-state index < -0.39 is 0 Å². The first-order valence-electron chi connectivity index (χ1n) is 8.42. The molecule has 2 aromatic rings. The molecule has 0 amide bonds. The van der Waals surface area contributed by atoms with Crippen molar-refractivity contribution in [2.45, 2.75) is 13.3 Å². The Morgan fingerprint density at radius 1 is 1.32 bits per heavy atom. The van der Waals surface area contributed by atoms with Crippen LogP contribution < -0.4 is 10.2 Å². The van der Waals surface area contributed by atoms with Gasteiger partial charge in [-0.3, -0.25) is 10.1 Å². The zero-order valence-electron chi connectivity index (χ0n) is 14.2. The molecule has 25 heavy (non-hydrogen) atoms. The monoisotopic (exact) mass is 362 g/mol. The maximum absolute atomic E-state index is 11.6. The second-order valence-electron chi connectivity index (χ2n) is 5.83. The molecular weight excluding hydrogens is 340 g/mol. The molecule has 0 spiro atoms. The Labute approximate surface area is 150 Å². The number of nitro groups is 1. The second-order valence-corrected chi connectivity index (χ2v) is 6.86. The van der Waals surface area contributed by atoms with E-state index in [-0.39, 0.29) is 10.6 Å². The number of hydrogen-bond donors (Lipinski definition) is 1. The van der Waals surface area contributed by atoms with Crippen molar-refractivity contribution in [1.29, 1.82) is 0 Å². The highest BCUT2D eigenvalue weighted by Gasteiger charge is 2.28. The summed E-state index contributed by atoms with van der Waals surface area (Å²) < 4.78 is 0. The van der Waals surface area contributed by atoms with Gasteiger partial charge >= 0.3 is 5.69 Å². The fraction of sp³-hybridized carbons (Fsp3) is 0.500. The van der Waals surface area contributed by atoms with Gasteiger partial charge in [-0.2, -0.15) is 0 Å². The molecule has 9 heteroatoms. The number of hydrogen-bond acceptors (Lipinski definition) is 8. The summed E-state index contributed by atoms with van der Waals surface area (Å²) in [6.07, 6.45) is 2.21. The number of nitrogens with zero attached hydrogens (tertiary/aromatic N) is 5. The van der Waals surface area contributed by atoms with Crippen molar-refractivity contribution in [2.24, 2.45) is 0 Å². The van der Waals surface area contributed by atoms with E-state index in [1.807, 2.05) is 16.3 Å². The largest absolute Gasteiger partial charge is 0.364 e. The van der Waals surface area contributed by atoms with Crippen LogP contribution in [0, 0.1) is 10.1 Å². The van der Waals surface area contributed by atoms with E-state index in [9.17, 15) is 10.1 Å². The zero-order valence-corrected chi connectivity index (χ0v) is 15.0. The van der Waals surface area contributed by atoms with Crippen molar-refractivity contribution >= 4 is 28.7 Å². The quantitative estimate of drug-likeness (QED) is 0.597. The highest BCUT2D eigenvalue weighted by Crippen LogP contribution is 2.32. The van der Waals surface area contributed by atoms with Crippen molar-refractivity contribution in [2.75, 3.05) is 49.5 Å². The van der Waals surface area contributed by atoms with Gasteiger partial charge in [-0.15, -0.1) is 11.3 Å². The van der Waals surface area contributed by atoms with E-state index in [0.29, 0.717) is 18.2 Å². The lowest BCUT2D eigenvalue weighted by molar-refractivity contribution is -0.383. The van der Waals surface area contributed by atoms with E-state index in [0.717, 1.165) is 39.1 Å². The van der Waals surface area contributed by atoms with E-state index in [4.69, 9.17) is 0 Å². The first-order chi connectivity index (χ1) is 12.2. The minimum Gasteiger partial charge on any atom is -0.364 e. The van der Waals surface area contributed by atoms with Crippen LogP contribution in [0.15, 0.2) is 23.8 Å². The van der Waals surface area contributed by atoms with Crippen LogP contribution in [0.1, 0.15) is 11.8 Å². The van der Waals surface area contributed by atoms with Gasteiger partial charge in [-0.1, -0.05) is 13.0 Å². The Morgan fingerprint density at radius 2 is 2.12 bits per heavy atom. The summed E-state index contributed by atoms with van der Waals surface area (Å²) in [5.74, 6) is 0.707. The lowest BCUT2D eigenvalue weighted by Crippen LogP contribution is -2.46. The van der Waals surface area contributed by atoms with Gasteiger partial charge in [0, 0.05) is 37.6 Å². The van der Waals surface area contributed by atoms with Gasteiger partial charge in [0.05, 0.1) is 4.92 Å². The highest BCUT2D eigenvalue weighted by atomic mass is 32.1. The van der Waals surface area contributed by atoms with Crippen LogP contribution in [0.2, 0.25) is 0 Å². The van der Waals surface area contributed by atoms with Crippen LogP contribution in [0.4, 0.5) is 17.3 Å². The molecule has 0 atom stereocenters. The van der Waals surface area contributed by atoms with Crippen LogP contribution in [-0.2, 0) is 6.42 Å². The van der Waals surface area contributed by atoms with E-state index in [2.05, 4.69) is 33.2 Å². The Bertz CT molecular complexity index is 701. The molecule has 8 nitrogen and oxygen atoms in total. The Hall–Kier alpha value is -2.26. The molecule has 3 rings (SSSR count). The van der Waals surface area contributed by atoms with Gasteiger partial charge < -0.3 is 15.1 Å². The van der Waals surface area contributed by atoms with Crippen molar-refractivity contribution in [3.63, 3.8) is 0 Å². The number of likely N-dealkylation sites (N-methyl/N-ethyl adjacent to an activating group) is 1. The standard InChI is InChI=1S/C16H22N6O2S/c1-2-20-7-9-21(10-8-20)16-14(22(23)24)15(18-12-19-16)17-6-5-13-4-3-11-25-13/h3-4,11-12H,2,5-10H2,1H3,(H,17,18,19). The first kappa shape index (κ1) is 17.6. The Balaban J connectivity index is 1.73. The summed E-state index contributed by atoms with van der Waals surface area (Å²) in [6, 6.07) is 4.06. The van der Waals surface area contributed by atoms with Crippen molar-refractivity contribution < 1.29 is 4.92 Å². The number of nitrogens with one attached hydrogen (secondary N) is 1. The number of rotatable bonds is 7. The molecule has 1 N–H and O–H groups in total. The molecule has 3 heterocycles. The topological polar surface area (TPSA) is 87.4 Å². The molecule has 1 saturated heterocycles. The summed E-state index contributed by atoms with van der Waals surface area (Å²) in [6.45, 7) is 6.97. The van der Waals surface area contributed by atoms with Crippen molar-refractivity contribution in [3.8, 4) is 0 Å². The molecule has 0 saturated carbocycles. The number of thiophene rings is 1. The van der Waals surface area contributed by atoms with E-state index >= 15 is 0 Å². The number of anilines is 2. The lowest BCUT2D eigenvalue weighted by atomic mass is 10.3. The third-order valence-corrected chi connectivity index (χ3v) is 5.28. The molecule has 0 aromatic carbocycles. The summed E-state index contributed by atoms with van der Waals surface area (Å²) in [4.78, 5) is 25.1. The summed E-state index contributed by atoms with van der Waals surface area (Å²) in [7, 11) is 0. The van der Waals surface area contributed by atoms with Gasteiger partial charge in [0.25, 0.3) is 0 Å². The lowest BCUT2D eigenvalue weighted by Gasteiger charge is -2.34. The zero-order chi connectivity index (χ0) is 17.6. The second kappa shape index (κ2) is 8.21. The number of piperazine rings is 1. The maximum atomic E-state index is 11.6. The molecule has 2 aromatic heterocycles. The predicted molar refractivity (Wildman–Crippen MR) is 99.5 cm³/mol. The average molecular weight is 362 g/mol. The normalized spacial score (nSPS) is 15.3. The van der Waals surface area contributed by atoms with Gasteiger partial charge in [0.1, 0.15) is 6.33 Å². The molecule has 0 unspecified atom stereocenters. The smallest absolute Gasteiger partial charge is 0.353 e. The number of aromatic nitrogens is 2. The fourth-order valence-corrected chi connectivity index (χ4v) is 3.64. The minimum absolute atomic E-state index is 0.0290. The van der Waals surface area contributed by atoms with Crippen LogP contribution >= 0.6 is 11.3 Å². The van der Waals surface area contributed by atoms with Crippen LogP contribution in [0.5, 0.6) is 0 Å². The van der Waals surface area contributed by atoms with Gasteiger partial charge in [0.15, 0.2) is 0 Å². The molecule has 1 fully saturated rings. The molecule has 1 aliphatic heterocycles. The van der Waals surface area contributed by atoms with Crippen molar-refractivity contribution in [1.82, 2.24) is 14.9 Å². The molecule has 0 bridgehead atoms. The SMILES string of the molecule is CCN1CCN(c2ncnc(NCCc3cccs3)c2[N+](=O)[O-])CC1. The minimum atomic E-state index is -0.380. The van der Waals surface area contributed by atoms with Crippen molar-refractivity contribution in [3.05, 3.63) is 38.8 Å². The predicted octanol–water partition coefficient (Wildman–Crippen LogP) is 2.24. The third-order valence-electron chi connectivity index (χ3n) is 4.35. The Kier molecular flexibility index (Phi) is 5.77. The molecule has 134 valence electrons. The van der Waals surface area contributed by atoms with Crippen LogP contribution in [-0.4, -0.2) is 59.1 Å². The van der Waals surface area contributed by atoms with E-state index in [1.165, 1.54) is 11.2 Å². The van der Waals surface area contributed by atoms with Gasteiger partial charge in [-0.05, 0) is 24.4 Å². The summed E-state index contributed by atoms with van der Waals surface area (Å²) >= 11 is 1.68. The van der Waals surface area contributed by atoms with E-state index in [1.54, 1.807) is 11.3 Å². The highest BCUT2D eigenvalue weighted by molar-refractivity contribution is 7.09. The summed E-state index contributed by atoms with van der Waals surface area (Å²) in [5.41, 5.74) is -0.0290. The van der Waals surface area contributed by atoms with Crippen LogP contribution in [0.3, 0.4) is 0 Å². The molecule has 0 radical (unpaired) electrons.